The number of unbranched alkanes of at least 4 members (excludes halogenated alkanes) is 1. The van der Waals surface area contributed by atoms with E-state index in [0.717, 1.165) is 36.5 Å². The first-order chi connectivity index (χ1) is 12.8. The zero-order valence-corrected chi connectivity index (χ0v) is 15.8. The van der Waals surface area contributed by atoms with Crippen LogP contribution in [0.2, 0.25) is 0 Å². The van der Waals surface area contributed by atoms with Gasteiger partial charge < -0.3 is 13.6 Å². The van der Waals surface area contributed by atoms with E-state index < -0.39 is 8.60 Å². The van der Waals surface area contributed by atoms with Gasteiger partial charge in [-0.1, -0.05) is 67.9 Å². The molecule has 0 amide bonds. The molecule has 0 saturated heterocycles. The van der Waals surface area contributed by atoms with Crippen LogP contribution in [0, 0.1) is 0 Å². The Morgan fingerprint density at radius 2 is 1.19 bits per heavy atom. The molecule has 26 heavy (non-hydrogen) atoms. The molecule has 0 aromatic heterocycles. The molecule has 0 radical (unpaired) electrons. The second-order valence-electron chi connectivity index (χ2n) is 5.83. The zero-order valence-electron chi connectivity index (χ0n) is 14.9. The van der Waals surface area contributed by atoms with Crippen molar-refractivity contribution in [1.82, 2.24) is 0 Å². The van der Waals surface area contributed by atoms with Crippen LogP contribution in [0.25, 0.3) is 0 Å². The summed E-state index contributed by atoms with van der Waals surface area (Å²) in [6.07, 6.45) is 3.24. The van der Waals surface area contributed by atoms with Crippen LogP contribution in [0.3, 0.4) is 0 Å². The van der Waals surface area contributed by atoms with Gasteiger partial charge in [-0.15, -0.1) is 0 Å². The lowest BCUT2D eigenvalue weighted by Crippen LogP contribution is -2.03. The monoisotopic (exact) mass is 366 g/mol. The van der Waals surface area contributed by atoms with Crippen LogP contribution in [-0.4, -0.2) is 0 Å². The molecule has 0 aliphatic carbocycles. The third-order valence-electron chi connectivity index (χ3n) is 3.79. The Balaban J connectivity index is 1.79. The highest BCUT2D eigenvalue weighted by molar-refractivity contribution is 7.43. The predicted molar refractivity (Wildman–Crippen MR) is 107 cm³/mol. The first kappa shape index (κ1) is 18.3. The lowest BCUT2D eigenvalue weighted by atomic mass is 10.1. The molecule has 3 aromatic carbocycles. The molecule has 0 saturated carbocycles. The largest absolute Gasteiger partial charge is 0.530 e. The molecule has 0 unspecified atom stereocenters. The van der Waals surface area contributed by atoms with E-state index in [4.69, 9.17) is 13.6 Å². The van der Waals surface area contributed by atoms with E-state index in [1.165, 1.54) is 5.56 Å². The molecular weight excluding hydrogens is 343 g/mol. The topological polar surface area (TPSA) is 27.7 Å². The van der Waals surface area contributed by atoms with Crippen molar-refractivity contribution in [3.05, 3.63) is 90.5 Å². The van der Waals surface area contributed by atoms with E-state index in [0.29, 0.717) is 0 Å². The van der Waals surface area contributed by atoms with Crippen molar-refractivity contribution in [2.45, 2.75) is 26.2 Å². The van der Waals surface area contributed by atoms with E-state index in [2.05, 4.69) is 13.0 Å². The predicted octanol–water partition coefficient (Wildman–Crippen LogP) is 6.79. The van der Waals surface area contributed by atoms with Crippen LogP contribution < -0.4 is 13.6 Å². The van der Waals surface area contributed by atoms with E-state index in [-0.39, 0.29) is 0 Å². The lowest BCUT2D eigenvalue weighted by molar-refractivity contribution is 0.386. The van der Waals surface area contributed by atoms with Crippen LogP contribution >= 0.6 is 8.60 Å². The summed E-state index contributed by atoms with van der Waals surface area (Å²) in [5, 5.41) is 0. The maximum Gasteiger partial charge on any atom is 0.530 e. The quantitative estimate of drug-likeness (QED) is 0.390. The number of aryl methyl sites for hydroxylation is 1. The third kappa shape index (κ3) is 5.50. The normalized spacial score (nSPS) is 10.5. The van der Waals surface area contributed by atoms with Gasteiger partial charge in [-0.3, -0.25) is 0 Å². The van der Waals surface area contributed by atoms with Crippen LogP contribution in [0.15, 0.2) is 84.9 Å². The molecule has 4 heteroatoms. The van der Waals surface area contributed by atoms with Gasteiger partial charge in [-0.2, -0.15) is 0 Å². The Kier molecular flexibility index (Phi) is 6.92. The summed E-state index contributed by atoms with van der Waals surface area (Å²) in [4.78, 5) is 0. The second-order valence-corrected chi connectivity index (χ2v) is 6.83. The summed E-state index contributed by atoms with van der Waals surface area (Å²) in [7, 11) is -1.62. The minimum Gasteiger partial charge on any atom is -0.409 e. The molecule has 0 aliphatic heterocycles. The molecule has 0 spiro atoms. The van der Waals surface area contributed by atoms with Crippen molar-refractivity contribution in [3.8, 4) is 17.2 Å². The summed E-state index contributed by atoms with van der Waals surface area (Å²) in [5.41, 5.74) is 1.18. The second kappa shape index (κ2) is 9.84. The van der Waals surface area contributed by atoms with Crippen molar-refractivity contribution in [1.29, 1.82) is 0 Å². The molecule has 134 valence electrons. The van der Waals surface area contributed by atoms with Gasteiger partial charge in [0.25, 0.3) is 0 Å². The number of para-hydroxylation sites is 3. The summed E-state index contributed by atoms with van der Waals surface area (Å²) in [6, 6.07) is 27.3. The lowest BCUT2D eigenvalue weighted by Gasteiger charge is -2.19. The first-order valence-electron chi connectivity index (χ1n) is 8.87. The molecule has 0 fully saturated rings. The highest BCUT2D eigenvalue weighted by Gasteiger charge is 2.21. The molecule has 0 atom stereocenters. The molecule has 0 heterocycles. The van der Waals surface area contributed by atoms with Gasteiger partial charge in [0.15, 0.2) is 0 Å². The van der Waals surface area contributed by atoms with E-state index >= 15 is 0 Å². The highest BCUT2D eigenvalue weighted by atomic mass is 31.2. The SMILES string of the molecule is CCCCc1ccccc1OP(Oc1ccccc1)Oc1ccccc1. The van der Waals surface area contributed by atoms with Gasteiger partial charge in [0.1, 0.15) is 17.2 Å². The van der Waals surface area contributed by atoms with Crippen molar-refractivity contribution in [2.24, 2.45) is 0 Å². The number of rotatable bonds is 9. The van der Waals surface area contributed by atoms with Crippen LogP contribution in [-0.2, 0) is 6.42 Å². The van der Waals surface area contributed by atoms with Crippen molar-refractivity contribution >= 4 is 8.60 Å². The van der Waals surface area contributed by atoms with Gasteiger partial charge in [-0.05, 0) is 48.7 Å². The van der Waals surface area contributed by atoms with Crippen molar-refractivity contribution in [3.63, 3.8) is 0 Å². The summed E-state index contributed by atoms with van der Waals surface area (Å²) < 4.78 is 18.2. The summed E-state index contributed by atoms with van der Waals surface area (Å²) >= 11 is 0. The van der Waals surface area contributed by atoms with Crippen LogP contribution in [0.1, 0.15) is 25.3 Å². The van der Waals surface area contributed by atoms with Gasteiger partial charge in [0, 0.05) is 0 Å². The van der Waals surface area contributed by atoms with E-state index in [1.807, 2.05) is 78.9 Å². The van der Waals surface area contributed by atoms with Crippen LogP contribution in [0.5, 0.6) is 17.2 Å². The molecule has 0 bridgehead atoms. The molecule has 0 aliphatic rings. The fraction of sp³-hybridized carbons (Fsp3) is 0.182. The number of hydrogen-bond acceptors (Lipinski definition) is 3. The minimum atomic E-state index is -1.62. The Hall–Kier alpha value is -2.51. The van der Waals surface area contributed by atoms with Crippen molar-refractivity contribution in [2.75, 3.05) is 0 Å². The van der Waals surface area contributed by atoms with E-state index in [1.54, 1.807) is 0 Å². The smallest absolute Gasteiger partial charge is 0.409 e. The Morgan fingerprint density at radius 3 is 1.77 bits per heavy atom. The van der Waals surface area contributed by atoms with Gasteiger partial charge >= 0.3 is 8.60 Å². The molecular formula is C22H23O3P. The Bertz CT molecular complexity index is 736. The maximum absolute atomic E-state index is 6.17. The molecule has 0 N–H and O–H groups in total. The highest BCUT2D eigenvalue weighted by Crippen LogP contribution is 2.43. The molecule has 3 rings (SSSR count). The average Bonchev–Trinajstić information content (AvgIpc) is 2.69. The minimum absolute atomic E-state index is 0.723. The van der Waals surface area contributed by atoms with Gasteiger partial charge in [0.2, 0.25) is 0 Å². The van der Waals surface area contributed by atoms with Crippen molar-refractivity contribution < 1.29 is 13.6 Å². The van der Waals surface area contributed by atoms with Gasteiger partial charge in [0.05, 0.1) is 0 Å². The first-order valence-corrected chi connectivity index (χ1v) is 9.96. The fourth-order valence-corrected chi connectivity index (χ4v) is 3.48. The standard InChI is InChI=1S/C22H23O3P/c1-2-3-12-19-13-10-11-18-22(19)25-26(23-20-14-6-4-7-15-20)24-21-16-8-5-9-17-21/h4-11,13-18H,2-3,12H2,1H3. The van der Waals surface area contributed by atoms with Crippen LogP contribution in [0.4, 0.5) is 0 Å². The van der Waals surface area contributed by atoms with E-state index in [9.17, 15) is 0 Å². The molecule has 3 nitrogen and oxygen atoms in total. The average molecular weight is 366 g/mol. The fourth-order valence-electron chi connectivity index (χ4n) is 2.44. The third-order valence-corrected chi connectivity index (χ3v) is 4.86. The zero-order chi connectivity index (χ0) is 18.0. The summed E-state index contributed by atoms with van der Waals surface area (Å²) in [5.74, 6) is 2.26. The van der Waals surface area contributed by atoms with Gasteiger partial charge in [-0.25, -0.2) is 0 Å². The summed E-state index contributed by atoms with van der Waals surface area (Å²) in [6.45, 7) is 2.19. The molecule has 3 aromatic rings. The Labute approximate surface area is 156 Å². The number of benzene rings is 3. The number of hydrogen-bond donors (Lipinski definition) is 0. The Morgan fingerprint density at radius 1 is 0.654 bits per heavy atom. The maximum atomic E-state index is 6.17.